The maximum Gasteiger partial charge on any atom is 0.261 e. The number of alkyl halides is 2. The highest BCUT2D eigenvalue weighted by Crippen LogP contribution is 2.29. The molecular formula is C13H18F2N4OS. The smallest absolute Gasteiger partial charge is 0.261 e. The minimum absolute atomic E-state index is 0.204. The van der Waals surface area contributed by atoms with Gasteiger partial charge in [0.05, 0.1) is 12.0 Å². The zero-order valence-corrected chi connectivity index (χ0v) is 12.8. The molecule has 0 bridgehead atoms. The molecule has 0 atom stereocenters. The normalized spacial score (nSPS) is 11.3. The molecule has 0 saturated heterocycles. The molecule has 0 fully saturated rings. The van der Waals surface area contributed by atoms with Gasteiger partial charge >= 0.3 is 0 Å². The Kier molecular flexibility index (Phi) is 5.63. The van der Waals surface area contributed by atoms with Crippen LogP contribution < -0.4 is 10.6 Å². The lowest BCUT2D eigenvalue weighted by Crippen LogP contribution is -2.14. The molecule has 8 heteroatoms. The molecule has 5 nitrogen and oxygen atoms in total. The number of fused-ring (bicyclic) bond motifs is 1. The van der Waals surface area contributed by atoms with Gasteiger partial charge < -0.3 is 15.4 Å². The van der Waals surface area contributed by atoms with Crippen LogP contribution in [0.1, 0.15) is 11.8 Å². The number of hydrogen-bond donors (Lipinski definition) is 2. The second-order valence-corrected chi connectivity index (χ2v) is 5.63. The molecule has 0 unspecified atom stereocenters. The number of thiophene rings is 1. The van der Waals surface area contributed by atoms with Crippen molar-refractivity contribution in [2.24, 2.45) is 0 Å². The Morgan fingerprint density at radius 3 is 2.86 bits per heavy atom. The third-order valence-corrected chi connectivity index (χ3v) is 3.58. The zero-order valence-electron chi connectivity index (χ0n) is 11.9. The lowest BCUT2D eigenvalue weighted by atomic mass is 10.3. The number of nitrogens with one attached hydrogen (secondary N) is 2. The summed E-state index contributed by atoms with van der Waals surface area (Å²) in [4.78, 5) is 10.9. The largest absolute Gasteiger partial charge is 0.374 e. The van der Waals surface area contributed by atoms with Gasteiger partial charge in [0.2, 0.25) is 5.95 Å². The number of ether oxygens (including phenoxy) is 1. The number of halogens is 2. The minimum atomic E-state index is -2.43. The van der Waals surface area contributed by atoms with Gasteiger partial charge in [0.25, 0.3) is 6.43 Å². The molecule has 2 aromatic heterocycles. The summed E-state index contributed by atoms with van der Waals surface area (Å²) >= 11 is 1.59. The summed E-state index contributed by atoms with van der Waals surface area (Å²) in [5.74, 6) is 1.25. The summed E-state index contributed by atoms with van der Waals surface area (Å²) < 4.78 is 28.8. The molecule has 2 N–H and O–H groups in total. The van der Waals surface area contributed by atoms with Gasteiger partial charge in [-0.1, -0.05) is 0 Å². The first-order valence-corrected chi connectivity index (χ1v) is 7.53. The highest BCUT2D eigenvalue weighted by molar-refractivity contribution is 7.18. The van der Waals surface area contributed by atoms with Crippen LogP contribution in [-0.2, 0) is 4.74 Å². The van der Waals surface area contributed by atoms with E-state index < -0.39 is 13.0 Å². The van der Waals surface area contributed by atoms with E-state index in [1.807, 2.05) is 19.9 Å². The molecule has 0 aromatic carbocycles. The number of hydrogen-bond acceptors (Lipinski definition) is 6. The second-order valence-electron chi connectivity index (χ2n) is 4.39. The van der Waals surface area contributed by atoms with E-state index in [0.29, 0.717) is 18.3 Å². The Morgan fingerprint density at radius 2 is 2.14 bits per heavy atom. The van der Waals surface area contributed by atoms with Crippen molar-refractivity contribution in [2.45, 2.75) is 20.3 Å². The van der Waals surface area contributed by atoms with Gasteiger partial charge in [0, 0.05) is 18.0 Å². The predicted molar refractivity (Wildman–Crippen MR) is 81.6 cm³/mol. The van der Waals surface area contributed by atoms with Crippen LogP contribution >= 0.6 is 11.3 Å². The molecule has 2 rings (SSSR count). The van der Waals surface area contributed by atoms with E-state index in [0.717, 1.165) is 21.6 Å². The van der Waals surface area contributed by atoms with Gasteiger partial charge in [-0.2, -0.15) is 4.98 Å². The Balaban J connectivity index is 2.06. The van der Waals surface area contributed by atoms with Crippen LogP contribution in [0.25, 0.3) is 10.2 Å². The minimum Gasteiger partial charge on any atom is -0.374 e. The lowest BCUT2D eigenvalue weighted by molar-refractivity contribution is 0.0215. The summed E-state index contributed by atoms with van der Waals surface area (Å²) in [5, 5.41) is 7.14. The fourth-order valence-electron chi connectivity index (χ4n) is 1.83. The topological polar surface area (TPSA) is 59.1 Å². The Hall–Kier alpha value is -1.54. The van der Waals surface area contributed by atoms with Crippen molar-refractivity contribution in [3.63, 3.8) is 0 Å². The van der Waals surface area contributed by atoms with Crippen LogP contribution in [0.4, 0.5) is 20.5 Å². The number of nitrogens with zero attached hydrogens (tertiary/aromatic N) is 2. The molecule has 0 aliphatic heterocycles. The lowest BCUT2D eigenvalue weighted by Gasteiger charge is -2.09. The van der Waals surface area contributed by atoms with Gasteiger partial charge in [0.15, 0.2) is 0 Å². The van der Waals surface area contributed by atoms with E-state index in [1.54, 1.807) is 11.3 Å². The quantitative estimate of drug-likeness (QED) is 0.733. The van der Waals surface area contributed by atoms with Crippen molar-refractivity contribution in [1.29, 1.82) is 0 Å². The average Bonchev–Trinajstić information content (AvgIpc) is 2.78. The van der Waals surface area contributed by atoms with Gasteiger partial charge in [0.1, 0.15) is 17.3 Å². The predicted octanol–water partition coefficient (Wildman–Crippen LogP) is 3.13. The number of aromatic nitrogens is 2. The Bertz CT molecular complexity index is 591. The second kappa shape index (κ2) is 7.46. The molecular weight excluding hydrogens is 298 g/mol. The summed E-state index contributed by atoms with van der Waals surface area (Å²) in [6, 6.07) is 2.01. The highest BCUT2D eigenvalue weighted by atomic mass is 32.1. The molecule has 0 saturated carbocycles. The highest BCUT2D eigenvalue weighted by Gasteiger charge is 2.10. The average molecular weight is 316 g/mol. The number of rotatable bonds is 8. The zero-order chi connectivity index (χ0) is 15.2. The molecule has 21 heavy (non-hydrogen) atoms. The van der Waals surface area contributed by atoms with E-state index in [2.05, 4.69) is 20.6 Å². The fourth-order valence-corrected chi connectivity index (χ4v) is 2.71. The van der Waals surface area contributed by atoms with E-state index >= 15 is 0 Å². The summed E-state index contributed by atoms with van der Waals surface area (Å²) in [6.45, 7) is 4.79. The molecule has 0 aliphatic carbocycles. The number of aryl methyl sites for hydroxylation is 1. The maximum atomic E-state index is 12.0. The van der Waals surface area contributed by atoms with E-state index in [-0.39, 0.29) is 6.61 Å². The van der Waals surface area contributed by atoms with Gasteiger partial charge in [-0.05, 0) is 19.9 Å². The van der Waals surface area contributed by atoms with Crippen molar-refractivity contribution in [1.82, 2.24) is 9.97 Å². The van der Waals surface area contributed by atoms with Gasteiger partial charge in [-0.15, -0.1) is 11.3 Å². The third-order valence-electron chi connectivity index (χ3n) is 2.63. The third kappa shape index (κ3) is 4.47. The van der Waals surface area contributed by atoms with Crippen LogP contribution in [-0.4, -0.2) is 42.7 Å². The molecule has 0 aliphatic rings. The summed E-state index contributed by atoms with van der Waals surface area (Å²) in [5.41, 5.74) is 0. The molecule has 0 spiro atoms. The van der Waals surface area contributed by atoms with Crippen molar-refractivity contribution in [3.05, 3.63) is 10.9 Å². The SMILES string of the molecule is CCNc1nc(NCCOCC(F)F)c2cc(C)sc2n1. The van der Waals surface area contributed by atoms with E-state index in [9.17, 15) is 8.78 Å². The standard InChI is InChI=1S/C13H18F2N4OS/c1-3-16-13-18-11(17-4-5-20-7-10(14)15)9-6-8(2)21-12(9)19-13/h6,10H,3-5,7H2,1-2H3,(H2,16,17,18,19). The van der Waals surface area contributed by atoms with Crippen molar-refractivity contribution in [2.75, 3.05) is 36.9 Å². The monoisotopic (exact) mass is 316 g/mol. The van der Waals surface area contributed by atoms with Crippen molar-refractivity contribution < 1.29 is 13.5 Å². The molecule has 2 heterocycles. The van der Waals surface area contributed by atoms with Gasteiger partial charge in [-0.25, -0.2) is 13.8 Å². The van der Waals surface area contributed by atoms with Crippen molar-refractivity contribution >= 4 is 33.3 Å². The molecule has 2 aromatic rings. The summed E-state index contributed by atoms with van der Waals surface area (Å²) in [7, 11) is 0. The van der Waals surface area contributed by atoms with Crippen LogP contribution in [0, 0.1) is 6.92 Å². The van der Waals surface area contributed by atoms with E-state index in [1.165, 1.54) is 0 Å². The number of anilines is 2. The molecule has 0 amide bonds. The van der Waals surface area contributed by atoms with Crippen LogP contribution in [0.3, 0.4) is 0 Å². The van der Waals surface area contributed by atoms with E-state index in [4.69, 9.17) is 4.74 Å². The van der Waals surface area contributed by atoms with Crippen molar-refractivity contribution in [3.8, 4) is 0 Å². The molecule has 116 valence electrons. The maximum absolute atomic E-state index is 12.0. The Labute approximate surface area is 125 Å². The first kappa shape index (κ1) is 15.8. The first-order chi connectivity index (χ1) is 10.1. The Morgan fingerprint density at radius 1 is 1.33 bits per heavy atom. The first-order valence-electron chi connectivity index (χ1n) is 6.72. The van der Waals surface area contributed by atoms with Crippen LogP contribution in [0.5, 0.6) is 0 Å². The van der Waals surface area contributed by atoms with Crippen LogP contribution in [0.2, 0.25) is 0 Å². The van der Waals surface area contributed by atoms with Crippen LogP contribution in [0.15, 0.2) is 6.07 Å². The van der Waals surface area contributed by atoms with Gasteiger partial charge in [-0.3, -0.25) is 0 Å². The fraction of sp³-hybridized carbons (Fsp3) is 0.538. The molecule has 0 radical (unpaired) electrons. The summed E-state index contributed by atoms with van der Waals surface area (Å²) in [6.07, 6.45) is -2.43.